The topological polar surface area (TPSA) is 83.4 Å². The summed E-state index contributed by atoms with van der Waals surface area (Å²) in [7, 11) is -0.807. The van der Waals surface area contributed by atoms with Crippen molar-refractivity contribution in [2.24, 2.45) is 0 Å². The van der Waals surface area contributed by atoms with Crippen LogP contribution in [-0.2, 0) is 18.6 Å². The minimum atomic E-state index is -0.426. The summed E-state index contributed by atoms with van der Waals surface area (Å²) < 4.78 is 26.9. The molecule has 1 N–H and O–H groups in total. The zero-order chi connectivity index (χ0) is 22.7. The van der Waals surface area contributed by atoms with Crippen molar-refractivity contribution < 1.29 is 18.6 Å². The Bertz CT molecular complexity index is 898. The first-order valence-electron chi connectivity index (χ1n) is 11.1. The van der Waals surface area contributed by atoms with Crippen molar-refractivity contribution >= 4 is 25.2 Å². The van der Waals surface area contributed by atoms with E-state index in [2.05, 4.69) is 70.7 Å². The molecule has 4 heterocycles. The fourth-order valence-corrected chi connectivity index (χ4v) is 3.99. The number of nitrogens with one attached hydrogen (secondary N) is 1. The van der Waals surface area contributed by atoms with Crippen LogP contribution >= 0.6 is 0 Å². The van der Waals surface area contributed by atoms with Crippen LogP contribution in [0.25, 0.3) is 0 Å². The molecule has 4 rings (SSSR count). The number of hydrogen-bond donors (Lipinski definition) is 1. The lowest BCUT2D eigenvalue weighted by atomic mass is 9.81. The lowest BCUT2D eigenvalue weighted by Crippen LogP contribution is -2.45. The van der Waals surface area contributed by atoms with Crippen LogP contribution in [0.15, 0.2) is 24.8 Å². The van der Waals surface area contributed by atoms with Crippen LogP contribution in [0.1, 0.15) is 74.3 Å². The fourth-order valence-electron chi connectivity index (χ4n) is 3.99. The second kappa shape index (κ2) is 7.47. The zero-order valence-corrected chi connectivity index (χ0v) is 19.9. The maximum Gasteiger partial charge on any atom is 0.498 e. The van der Waals surface area contributed by atoms with Gasteiger partial charge in [-0.05, 0) is 68.2 Å². The van der Waals surface area contributed by atoms with E-state index < -0.39 is 25.4 Å². The molecule has 10 heteroatoms. The van der Waals surface area contributed by atoms with Crippen molar-refractivity contribution in [3.05, 3.63) is 24.8 Å². The molecular formula is C21H34B2N4O4. The number of aromatic amines is 1. The molecule has 2 aromatic heterocycles. The molecule has 2 saturated heterocycles. The molecule has 2 fully saturated rings. The van der Waals surface area contributed by atoms with Gasteiger partial charge in [0.25, 0.3) is 0 Å². The first kappa shape index (κ1) is 22.6. The highest BCUT2D eigenvalue weighted by Crippen LogP contribution is 2.41. The minimum Gasteiger partial charge on any atom is -0.399 e. The highest BCUT2D eigenvalue weighted by atomic mass is 16.7. The van der Waals surface area contributed by atoms with Crippen molar-refractivity contribution in [2.75, 3.05) is 0 Å². The molecule has 0 bridgehead atoms. The normalized spacial score (nSPS) is 27.7. The number of nitrogens with zero attached hydrogens (tertiary/aromatic N) is 3. The van der Waals surface area contributed by atoms with Gasteiger partial charge in [0, 0.05) is 41.8 Å². The molecular weight excluding hydrogens is 394 g/mol. The summed E-state index contributed by atoms with van der Waals surface area (Å²) in [6.45, 7) is 16.7. The fraction of sp³-hybridized carbons (Fsp3) is 0.714. The second-order valence-electron chi connectivity index (χ2n) is 10.6. The summed E-state index contributed by atoms with van der Waals surface area (Å²) >= 11 is 0. The molecule has 2 aromatic rings. The Balaban J connectivity index is 1.40. The van der Waals surface area contributed by atoms with E-state index >= 15 is 0 Å². The Morgan fingerprint density at radius 1 is 0.903 bits per heavy atom. The highest BCUT2D eigenvalue weighted by Gasteiger charge is 2.55. The SMILES string of the molecule is CC(CCC1(C)OB(c2cn[nH]c2)OC1(C)C)n1cc(B2OC(C)(C)C(C)(C)O2)cn1. The summed E-state index contributed by atoms with van der Waals surface area (Å²) in [5, 5.41) is 11.4. The lowest BCUT2D eigenvalue weighted by molar-refractivity contribution is -0.0191. The van der Waals surface area contributed by atoms with Gasteiger partial charge in [0.1, 0.15) is 0 Å². The molecule has 2 atom stereocenters. The molecule has 168 valence electrons. The summed E-state index contributed by atoms with van der Waals surface area (Å²) in [5.41, 5.74) is 0.271. The predicted octanol–water partition coefficient (Wildman–Crippen LogP) is 2.23. The first-order valence-corrected chi connectivity index (χ1v) is 11.1. The van der Waals surface area contributed by atoms with E-state index in [1.54, 1.807) is 6.20 Å². The Morgan fingerprint density at radius 3 is 2.13 bits per heavy atom. The smallest absolute Gasteiger partial charge is 0.399 e. The van der Waals surface area contributed by atoms with E-state index in [0.29, 0.717) is 0 Å². The van der Waals surface area contributed by atoms with Crippen molar-refractivity contribution in [3.63, 3.8) is 0 Å². The second-order valence-corrected chi connectivity index (χ2v) is 10.6. The van der Waals surface area contributed by atoms with Gasteiger partial charge < -0.3 is 18.6 Å². The molecule has 31 heavy (non-hydrogen) atoms. The van der Waals surface area contributed by atoms with Crippen LogP contribution in [0, 0.1) is 0 Å². The van der Waals surface area contributed by atoms with Gasteiger partial charge in [-0.3, -0.25) is 9.78 Å². The van der Waals surface area contributed by atoms with Crippen molar-refractivity contribution in [1.82, 2.24) is 20.0 Å². The summed E-state index contributed by atoms with van der Waals surface area (Å²) in [6, 6.07) is 0.195. The lowest BCUT2D eigenvalue weighted by Gasteiger charge is -2.37. The highest BCUT2D eigenvalue weighted by molar-refractivity contribution is 6.62. The van der Waals surface area contributed by atoms with Gasteiger partial charge in [-0.15, -0.1) is 0 Å². The number of aromatic nitrogens is 4. The molecule has 0 radical (unpaired) electrons. The quantitative estimate of drug-likeness (QED) is 0.711. The van der Waals surface area contributed by atoms with E-state index in [0.717, 1.165) is 23.8 Å². The molecule has 0 spiro atoms. The van der Waals surface area contributed by atoms with Gasteiger partial charge in [-0.2, -0.15) is 10.2 Å². The van der Waals surface area contributed by atoms with Gasteiger partial charge in [0.15, 0.2) is 0 Å². The van der Waals surface area contributed by atoms with Crippen molar-refractivity contribution in [3.8, 4) is 0 Å². The van der Waals surface area contributed by atoms with Crippen LogP contribution in [0.4, 0.5) is 0 Å². The van der Waals surface area contributed by atoms with Gasteiger partial charge >= 0.3 is 14.2 Å². The third kappa shape index (κ3) is 3.99. The average Bonchev–Trinajstić information content (AvgIpc) is 3.41. The van der Waals surface area contributed by atoms with E-state index in [4.69, 9.17) is 18.6 Å². The van der Waals surface area contributed by atoms with Crippen LogP contribution in [-0.4, -0.2) is 56.6 Å². The molecule has 2 unspecified atom stereocenters. The molecule has 2 aliphatic heterocycles. The Kier molecular flexibility index (Phi) is 5.44. The predicted molar refractivity (Wildman–Crippen MR) is 121 cm³/mol. The van der Waals surface area contributed by atoms with Crippen molar-refractivity contribution in [2.45, 2.75) is 96.7 Å². The summed E-state index contributed by atoms with van der Waals surface area (Å²) in [5.74, 6) is 0. The first-order chi connectivity index (χ1) is 14.3. The third-order valence-corrected chi connectivity index (χ3v) is 7.47. The number of H-pyrrole nitrogens is 1. The minimum absolute atomic E-state index is 0.195. The third-order valence-electron chi connectivity index (χ3n) is 7.47. The molecule has 0 aromatic carbocycles. The number of hydrogen-bond acceptors (Lipinski definition) is 6. The standard InChI is InChI=1S/C21H34B2N4O4/c1-15(27-14-17(13-26-27)23-28-18(2,3)19(4,5)29-23)9-10-21(8)20(6,7)30-22(31-21)16-11-24-25-12-16/h11-15H,9-10H2,1-8H3,(H,24,25). The average molecular weight is 428 g/mol. The zero-order valence-electron chi connectivity index (χ0n) is 19.9. The number of rotatable bonds is 6. The van der Waals surface area contributed by atoms with Gasteiger partial charge in [-0.25, -0.2) is 0 Å². The van der Waals surface area contributed by atoms with E-state index in [1.165, 1.54) is 0 Å². The molecule has 8 nitrogen and oxygen atoms in total. The molecule has 0 aliphatic carbocycles. The molecule has 2 aliphatic rings. The van der Waals surface area contributed by atoms with E-state index in [-0.39, 0.29) is 17.2 Å². The summed E-state index contributed by atoms with van der Waals surface area (Å²) in [6.07, 6.45) is 9.16. The Labute approximate surface area is 185 Å². The van der Waals surface area contributed by atoms with Crippen LogP contribution in [0.2, 0.25) is 0 Å². The maximum absolute atomic E-state index is 6.38. The Hall–Kier alpha value is -1.61. The maximum atomic E-state index is 6.38. The molecule has 0 amide bonds. The summed E-state index contributed by atoms with van der Waals surface area (Å²) in [4.78, 5) is 0. The van der Waals surface area contributed by atoms with Crippen LogP contribution < -0.4 is 10.9 Å². The van der Waals surface area contributed by atoms with Crippen molar-refractivity contribution in [1.29, 1.82) is 0 Å². The van der Waals surface area contributed by atoms with Gasteiger partial charge in [0.2, 0.25) is 0 Å². The van der Waals surface area contributed by atoms with Crippen LogP contribution in [0.3, 0.4) is 0 Å². The van der Waals surface area contributed by atoms with E-state index in [1.807, 2.05) is 23.3 Å². The van der Waals surface area contributed by atoms with E-state index in [9.17, 15) is 0 Å². The molecule has 0 saturated carbocycles. The Morgan fingerprint density at radius 2 is 1.52 bits per heavy atom. The van der Waals surface area contributed by atoms with Gasteiger partial charge in [0.05, 0.1) is 22.4 Å². The van der Waals surface area contributed by atoms with Gasteiger partial charge in [-0.1, -0.05) is 0 Å². The largest absolute Gasteiger partial charge is 0.498 e. The van der Waals surface area contributed by atoms with Crippen LogP contribution in [0.5, 0.6) is 0 Å². The monoisotopic (exact) mass is 428 g/mol.